The van der Waals surface area contributed by atoms with Gasteiger partial charge in [-0.15, -0.1) is 0 Å². The normalized spacial score (nSPS) is 10.2. The number of nitrogen functional groups attached to an aromatic ring is 1. The molecular formula is C14H10ClNO3. The summed E-state index contributed by atoms with van der Waals surface area (Å²) < 4.78 is 0. The second-order valence-electron chi connectivity index (χ2n) is 3.88. The summed E-state index contributed by atoms with van der Waals surface area (Å²) in [5.41, 5.74) is 6.09. The van der Waals surface area contributed by atoms with E-state index in [1.165, 1.54) is 18.2 Å². The monoisotopic (exact) mass is 275 g/mol. The van der Waals surface area contributed by atoms with Gasteiger partial charge in [-0.25, -0.2) is 4.79 Å². The lowest BCUT2D eigenvalue weighted by molar-refractivity contribution is 0.0693. The highest BCUT2D eigenvalue weighted by Crippen LogP contribution is 2.24. The van der Waals surface area contributed by atoms with Crippen LogP contribution in [-0.4, -0.2) is 16.9 Å². The number of nitrogens with two attached hydrogens (primary N) is 1. The first-order valence-electron chi connectivity index (χ1n) is 5.43. The number of ketones is 1. The lowest BCUT2D eigenvalue weighted by Gasteiger charge is -2.08. The Bertz CT molecular complexity index is 667. The van der Waals surface area contributed by atoms with E-state index < -0.39 is 11.8 Å². The van der Waals surface area contributed by atoms with Crippen LogP contribution in [0.3, 0.4) is 0 Å². The second kappa shape index (κ2) is 5.12. The Labute approximate surface area is 114 Å². The molecule has 3 N–H and O–H groups in total. The fourth-order valence-electron chi connectivity index (χ4n) is 1.78. The summed E-state index contributed by atoms with van der Waals surface area (Å²) in [7, 11) is 0. The molecule has 0 saturated carbocycles. The van der Waals surface area contributed by atoms with Gasteiger partial charge in [0.05, 0.1) is 10.6 Å². The molecule has 19 heavy (non-hydrogen) atoms. The lowest BCUT2D eigenvalue weighted by atomic mass is 9.97. The van der Waals surface area contributed by atoms with Crippen molar-refractivity contribution in [1.29, 1.82) is 0 Å². The summed E-state index contributed by atoms with van der Waals surface area (Å²) in [4.78, 5) is 23.5. The zero-order chi connectivity index (χ0) is 14.0. The lowest BCUT2D eigenvalue weighted by Crippen LogP contribution is -2.11. The van der Waals surface area contributed by atoms with Crippen molar-refractivity contribution >= 4 is 29.0 Å². The van der Waals surface area contributed by atoms with Gasteiger partial charge in [-0.1, -0.05) is 35.9 Å². The first-order chi connectivity index (χ1) is 9.02. The Morgan fingerprint density at radius 3 is 2.26 bits per heavy atom. The molecular weight excluding hydrogens is 266 g/mol. The van der Waals surface area contributed by atoms with Crippen molar-refractivity contribution in [1.82, 2.24) is 0 Å². The maximum absolute atomic E-state index is 12.3. The van der Waals surface area contributed by atoms with E-state index in [4.69, 9.17) is 22.4 Å². The minimum Gasteiger partial charge on any atom is -0.478 e. The van der Waals surface area contributed by atoms with Crippen LogP contribution in [0.25, 0.3) is 0 Å². The number of hydrogen-bond donors (Lipinski definition) is 2. The number of halogens is 1. The molecule has 4 nitrogen and oxygen atoms in total. The predicted molar refractivity (Wildman–Crippen MR) is 72.7 cm³/mol. The molecule has 0 aromatic heterocycles. The van der Waals surface area contributed by atoms with Crippen molar-refractivity contribution < 1.29 is 14.7 Å². The fourth-order valence-corrected chi connectivity index (χ4v) is 2.03. The van der Waals surface area contributed by atoms with E-state index in [-0.39, 0.29) is 21.7 Å². The van der Waals surface area contributed by atoms with Gasteiger partial charge in [0.1, 0.15) is 0 Å². The number of carboxylic acid groups (broad SMARTS) is 1. The van der Waals surface area contributed by atoms with Crippen molar-refractivity contribution in [2.24, 2.45) is 0 Å². The summed E-state index contributed by atoms with van der Waals surface area (Å²) in [6.07, 6.45) is 0. The number of carboxylic acids is 1. The summed E-state index contributed by atoms with van der Waals surface area (Å²) in [5, 5.41) is 9.16. The molecule has 0 heterocycles. The molecule has 0 atom stereocenters. The Kier molecular flexibility index (Phi) is 3.53. The summed E-state index contributed by atoms with van der Waals surface area (Å²) in [5.74, 6) is -1.71. The van der Waals surface area contributed by atoms with Gasteiger partial charge in [-0.2, -0.15) is 0 Å². The number of carbonyl (C=O) groups excluding carboxylic acids is 1. The highest BCUT2D eigenvalue weighted by molar-refractivity contribution is 6.35. The zero-order valence-corrected chi connectivity index (χ0v) is 10.5. The van der Waals surface area contributed by atoms with Gasteiger partial charge in [0.2, 0.25) is 0 Å². The van der Waals surface area contributed by atoms with Gasteiger partial charge in [0.15, 0.2) is 5.78 Å². The van der Waals surface area contributed by atoms with Gasteiger partial charge in [-0.3, -0.25) is 4.79 Å². The average molecular weight is 276 g/mol. The van der Waals surface area contributed by atoms with E-state index in [0.29, 0.717) is 5.69 Å². The molecule has 0 aliphatic carbocycles. The number of benzene rings is 2. The zero-order valence-electron chi connectivity index (χ0n) is 9.76. The predicted octanol–water partition coefficient (Wildman–Crippen LogP) is 2.85. The Hall–Kier alpha value is -2.33. The van der Waals surface area contributed by atoms with E-state index in [2.05, 4.69) is 0 Å². The van der Waals surface area contributed by atoms with Gasteiger partial charge < -0.3 is 10.8 Å². The molecule has 0 saturated heterocycles. The van der Waals surface area contributed by atoms with Gasteiger partial charge in [0.25, 0.3) is 0 Å². The van der Waals surface area contributed by atoms with Gasteiger partial charge in [-0.05, 0) is 18.2 Å². The molecule has 96 valence electrons. The Morgan fingerprint density at radius 1 is 1.00 bits per heavy atom. The maximum Gasteiger partial charge on any atom is 0.337 e. The molecule has 0 aliphatic heterocycles. The van der Waals surface area contributed by atoms with Crippen LogP contribution in [0.2, 0.25) is 5.02 Å². The molecule has 0 amide bonds. The number of hydrogen-bond acceptors (Lipinski definition) is 3. The number of para-hydroxylation sites is 1. The first kappa shape index (κ1) is 13.1. The average Bonchev–Trinajstić information content (AvgIpc) is 2.37. The van der Waals surface area contributed by atoms with Crippen LogP contribution < -0.4 is 5.73 Å². The topological polar surface area (TPSA) is 80.4 Å². The third-order valence-corrected chi connectivity index (χ3v) is 2.99. The van der Waals surface area contributed by atoms with Crippen LogP contribution in [0, 0.1) is 0 Å². The third kappa shape index (κ3) is 2.44. The molecule has 5 heteroatoms. The van der Waals surface area contributed by atoms with Crippen LogP contribution in [0.1, 0.15) is 26.3 Å². The summed E-state index contributed by atoms with van der Waals surface area (Å²) in [6, 6.07) is 10.9. The van der Waals surface area contributed by atoms with Crippen LogP contribution >= 0.6 is 11.6 Å². The molecule has 2 rings (SSSR count). The summed E-state index contributed by atoms with van der Waals surface area (Å²) >= 11 is 5.83. The smallest absolute Gasteiger partial charge is 0.337 e. The van der Waals surface area contributed by atoms with Crippen molar-refractivity contribution in [3.05, 3.63) is 64.2 Å². The number of aromatic carboxylic acids is 1. The minimum absolute atomic E-state index is 0.0212. The van der Waals surface area contributed by atoms with Crippen molar-refractivity contribution in [2.75, 3.05) is 5.73 Å². The van der Waals surface area contributed by atoms with E-state index in [1.807, 2.05) is 0 Å². The molecule has 0 fully saturated rings. The molecule has 0 bridgehead atoms. The highest BCUT2D eigenvalue weighted by atomic mass is 35.5. The maximum atomic E-state index is 12.3. The summed E-state index contributed by atoms with van der Waals surface area (Å²) in [6.45, 7) is 0. The van der Waals surface area contributed by atoms with E-state index in [0.717, 1.165) is 0 Å². The first-order valence-corrected chi connectivity index (χ1v) is 5.81. The van der Waals surface area contributed by atoms with Crippen LogP contribution in [0.4, 0.5) is 5.69 Å². The minimum atomic E-state index is -1.25. The SMILES string of the molecule is Nc1ccccc1C(=O)c1cccc(Cl)c1C(=O)O. The highest BCUT2D eigenvalue weighted by Gasteiger charge is 2.21. The quantitative estimate of drug-likeness (QED) is 0.667. The standard InChI is InChI=1S/C14H10ClNO3/c15-10-6-3-5-9(12(10)14(18)19)13(17)8-4-1-2-7-11(8)16/h1-7H,16H2,(H,18,19). The van der Waals surface area contributed by atoms with Crippen LogP contribution in [0.15, 0.2) is 42.5 Å². The van der Waals surface area contributed by atoms with E-state index >= 15 is 0 Å². The van der Waals surface area contributed by atoms with Crippen molar-refractivity contribution in [3.63, 3.8) is 0 Å². The number of rotatable bonds is 3. The number of anilines is 1. The molecule has 0 radical (unpaired) electrons. The largest absolute Gasteiger partial charge is 0.478 e. The van der Waals surface area contributed by atoms with Crippen molar-refractivity contribution in [2.45, 2.75) is 0 Å². The number of carbonyl (C=O) groups is 2. The van der Waals surface area contributed by atoms with Gasteiger partial charge in [0, 0.05) is 16.8 Å². The van der Waals surface area contributed by atoms with Crippen LogP contribution in [-0.2, 0) is 0 Å². The molecule has 0 spiro atoms. The van der Waals surface area contributed by atoms with Crippen LogP contribution in [0.5, 0.6) is 0 Å². The third-order valence-electron chi connectivity index (χ3n) is 2.68. The molecule has 0 unspecified atom stereocenters. The fraction of sp³-hybridized carbons (Fsp3) is 0. The molecule has 2 aromatic carbocycles. The molecule has 0 aliphatic rings. The van der Waals surface area contributed by atoms with Crippen molar-refractivity contribution in [3.8, 4) is 0 Å². The van der Waals surface area contributed by atoms with E-state index in [1.54, 1.807) is 24.3 Å². The Balaban J connectivity index is 2.60. The van der Waals surface area contributed by atoms with Gasteiger partial charge >= 0.3 is 5.97 Å². The van der Waals surface area contributed by atoms with E-state index in [9.17, 15) is 9.59 Å². The Morgan fingerprint density at radius 2 is 1.63 bits per heavy atom. The second-order valence-corrected chi connectivity index (χ2v) is 4.29. The molecule has 2 aromatic rings.